The predicted molar refractivity (Wildman–Crippen MR) is 79.3 cm³/mol. The molecule has 1 amide bonds. The minimum absolute atomic E-state index is 0.178. The van der Waals surface area contributed by atoms with E-state index in [4.69, 9.17) is 5.73 Å². The van der Waals surface area contributed by atoms with Gasteiger partial charge in [-0.15, -0.1) is 0 Å². The topological polar surface area (TPSA) is 72.9 Å². The molecule has 0 fully saturated rings. The molecule has 0 aliphatic heterocycles. The van der Waals surface area contributed by atoms with Crippen molar-refractivity contribution >= 4 is 11.6 Å². The van der Waals surface area contributed by atoms with E-state index >= 15 is 0 Å². The fourth-order valence-electron chi connectivity index (χ4n) is 2.03. The van der Waals surface area contributed by atoms with Gasteiger partial charge in [0.1, 0.15) is 0 Å². The first kappa shape index (κ1) is 14.1. The van der Waals surface area contributed by atoms with Gasteiger partial charge >= 0.3 is 0 Å². The number of amides is 1. The van der Waals surface area contributed by atoms with Crippen molar-refractivity contribution in [3.8, 4) is 0 Å². The summed E-state index contributed by atoms with van der Waals surface area (Å²) in [5, 5.41) is 7.68. The fraction of sp³-hybridized carbons (Fsp3) is 0.333. The molecule has 2 rings (SSSR count). The highest BCUT2D eigenvalue weighted by Crippen LogP contribution is 2.19. The molecule has 5 heteroatoms. The minimum Gasteiger partial charge on any atom is -0.378 e. The summed E-state index contributed by atoms with van der Waals surface area (Å²) >= 11 is 0. The van der Waals surface area contributed by atoms with Gasteiger partial charge in [-0.25, -0.2) is 0 Å². The number of carbonyl (C=O) groups excluding carboxylic acids is 1. The number of hydrogen-bond donors (Lipinski definition) is 2. The zero-order chi connectivity index (χ0) is 14.5. The lowest BCUT2D eigenvalue weighted by Crippen LogP contribution is -2.13. The van der Waals surface area contributed by atoms with E-state index in [0.29, 0.717) is 0 Å². The third-order valence-electron chi connectivity index (χ3n) is 3.19. The summed E-state index contributed by atoms with van der Waals surface area (Å²) in [6.07, 6.45) is 4.20. The van der Waals surface area contributed by atoms with Gasteiger partial charge in [0.2, 0.25) is 5.91 Å². The zero-order valence-corrected chi connectivity index (χ0v) is 11.8. The Hall–Kier alpha value is -2.30. The van der Waals surface area contributed by atoms with Crippen molar-refractivity contribution in [2.75, 3.05) is 5.32 Å². The maximum Gasteiger partial charge on any atom is 0.221 e. The van der Waals surface area contributed by atoms with E-state index in [2.05, 4.69) is 24.3 Å². The van der Waals surface area contributed by atoms with Crippen molar-refractivity contribution in [1.29, 1.82) is 0 Å². The first-order valence-electron chi connectivity index (χ1n) is 6.74. The number of primary amides is 1. The first-order chi connectivity index (χ1) is 9.58. The van der Waals surface area contributed by atoms with Crippen LogP contribution in [0.5, 0.6) is 0 Å². The summed E-state index contributed by atoms with van der Waals surface area (Å²) in [6.45, 7) is 5.02. The molecule has 20 heavy (non-hydrogen) atoms. The van der Waals surface area contributed by atoms with E-state index in [1.165, 1.54) is 0 Å². The molecule has 1 aromatic carbocycles. The van der Waals surface area contributed by atoms with Gasteiger partial charge in [-0.1, -0.05) is 12.1 Å². The number of nitrogens with two attached hydrogens (primary N) is 1. The number of nitrogens with zero attached hydrogens (tertiary/aromatic N) is 2. The molecule has 106 valence electrons. The fourth-order valence-corrected chi connectivity index (χ4v) is 2.03. The number of aryl methyl sites for hydroxylation is 1. The van der Waals surface area contributed by atoms with Crippen molar-refractivity contribution in [2.45, 2.75) is 32.9 Å². The summed E-state index contributed by atoms with van der Waals surface area (Å²) < 4.78 is 1.91. The van der Waals surface area contributed by atoms with Crippen LogP contribution in [0.1, 0.15) is 31.0 Å². The third-order valence-corrected chi connectivity index (χ3v) is 3.19. The largest absolute Gasteiger partial charge is 0.378 e. The smallest absolute Gasteiger partial charge is 0.221 e. The van der Waals surface area contributed by atoms with Gasteiger partial charge in [0.05, 0.1) is 18.7 Å². The number of benzene rings is 1. The Morgan fingerprint density at radius 1 is 1.40 bits per heavy atom. The van der Waals surface area contributed by atoms with Gasteiger partial charge < -0.3 is 11.1 Å². The SMILES string of the molecule is CCn1cc(C(C)Nc2ccc(CC(N)=O)cc2)cn1. The molecule has 1 heterocycles. The Morgan fingerprint density at radius 3 is 2.65 bits per heavy atom. The predicted octanol–water partition coefficient (Wildman–Crippen LogP) is 2.10. The quantitative estimate of drug-likeness (QED) is 0.845. The zero-order valence-electron chi connectivity index (χ0n) is 11.8. The number of anilines is 1. The van der Waals surface area contributed by atoms with Crippen LogP contribution in [0.25, 0.3) is 0 Å². The van der Waals surface area contributed by atoms with Gasteiger partial charge in [-0.05, 0) is 31.5 Å². The molecule has 1 unspecified atom stereocenters. The monoisotopic (exact) mass is 272 g/mol. The lowest BCUT2D eigenvalue weighted by Gasteiger charge is -2.14. The molecule has 0 aliphatic carbocycles. The molecular weight excluding hydrogens is 252 g/mol. The van der Waals surface area contributed by atoms with Crippen molar-refractivity contribution in [3.05, 3.63) is 47.8 Å². The summed E-state index contributed by atoms with van der Waals surface area (Å²) in [5.41, 5.74) is 8.25. The summed E-state index contributed by atoms with van der Waals surface area (Å²) in [5.74, 6) is -0.314. The molecule has 1 atom stereocenters. The van der Waals surface area contributed by atoms with Crippen molar-refractivity contribution in [2.24, 2.45) is 5.73 Å². The molecular formula is C15H20N4O. The van der Waals surface area contributed by atoms with Crippen LogP contribution < -0.4 is 11.1 Å². The van der Waals surface area contributed by atoms with Crippen molar-refractivity contribution < 1.29 is 4.79 Å². The molecule has 1 aromatic heterocycles. The Labute approximate surface area is 118 Å². The second-order valence-corrected chi connectivity index (χ2v) is 4.84. The van der Waals surface area contributed by atoms with E-state index in [0.717, 1.165) is 23.4 Å². The number of carbonyl (C=O) groups is 1. The normalized spacial score (nSPS) is 12.1. The molecule has 0 radical (unpaired) electrons. The Balaban J connectivity index is 2.00. The van der Waals surface area contributed by atoms with Gasteiger partial charge in [0.25, 0.3) is 0 Å². The first-order valence-corrected chi connectivity index (χ1v) is 6.74. The highest BCUT2D eigenvalue weighted by Gasteiger charge is 2.08. The molecule has 3 N–H and O–H groups in total. The number of hydrogen-bond acceptors (Lipinski definition) is 3. The van der Waals surface area contributed by atoms with E-state index in [-0.39, 0.29) is 18.4 Å². The summed E-state index contributed by atoms with van der Waals surface area (Å²) in [7, 11) is 0. The van der Waals surface area contributed by atoms with E-state index < -0.39 is 0 Å². The van der Waals surface area contributed by atoms with Gasteiger partial charge in [-0.2, -0.15) is 5.10 Å². The van der Waals surface area contributed by atoms with E-state index in [1.54, 1.807) is 0 Å². The van der Waals surface area contributed by atoms with Crippen LogP contribution in [0.4, 0.5) is 5.69 Å². The van der Waals surface area contributed by atoms with Crippen molar-refractivity contribution in [3.63, 3.8) is 0 Å². The Kier molecular flexibility index (Phi) is 4.40. The van der Waals surface area contributed by atoms with Crippen LogP contribution >= 0.6 is 0 Å². The molecule has 0 saturated carbocycles. The highest BCUT2D eigenvalue weighted by atomic mass is 16.1. The summed E-state index contributed by atoms with van der Waals surface area (Å²) in [4.78, 5) is 10.8. The third kappa shape index (κ3) is 3.60. The standard InChI is InChI=1S/C15H20N4O/c1-3-19-10-13(9-17-19)11(2)18-14-6-4-12(5-7-14)8-15(16)20/h4-7,9-11,18H,3,8H2,1-2H3,(H2,16,20). The molecule has 0 spiro atoms. The maximum absolute atomic E-state index is 10.8. The van der Waals surface area contributed by atoms with Crippen LogP contribution in [0.15, 0.2) is 36.7 Å². The van der Waals surface area contributed by atoms with E-state index in [9.17, 15) is 4.79 Å². The average molecular weight is 272 g/mol. The Bertz CT molecular complexity index is 574. The van der Waals surface area contributed by atoms with Crippen LogP contribution in [0.3, 0.4) is 0 Å². The van der Waals surface area contributed by atoms with Crippen LogP contribution in [-0.4, -0.2) is 15.7 Å². The number of aromatic nitrogens is 2. The lowest BCUT2D eigenvalue weighted by atomic mass is 10.1. The second kappa shape index (κ2) is 6.23. The average Bonchev–Trinajstić information content (AvgIpc) is 2.89. The molecule has 0 aliphatic rings. The lowest BCUT2D eigenvalue weighted by molar-refractivity contribution is -0.117. The maximum atomic E-state index is 10.8. The molecule has 0 bridgehead atoms. The molecule has 2 aromatic rings. The van der Waals surface area contributed by atoms with Crippen molar-refractivity contribution in [1.82, 2.24) is 9.78 Å². The van der Waals surface area contributed by atoms with Crippen LogP contribution in [-0.2, 0) is 17.8 Å². The van der Waals surface area contributed by atoms with Gasteiger partial charge in [0, 0.05) is 24.0 Å². The minimum atomic E-state index is -0.314. The van der Waals surface area contributed by atoms with Gasteiger partial charge in [0.15, 0.2) is 0 Å². The van der Waals surface area contributed by atoms with Gasteiger partial charge in [-0.3, -0.25) is 9.48 Å². The highest BCUT2D eigenvalue weighted by molar-refractivity contribution is 5.76. The second-order valence-electron chi connectivity index (χ2n) is 4.84. The summed E-state index contributed by atoms with van der Waals surface area (Å²) in [6, 6.07) is 7.92. The van der Waals surface area contributed by atoms with E-state index in [1.807, 2.05) is 41.3 Å². The Morgan fingerprint density at radius 2 is 2.10 bits per heavy atom. The molecule has 5 nitrogen and oxygen atoms in total. The van der Waals surface area contributed by atoms with Crippen LogP contribution in [0, 0.1) is 0 Å². The van der Waals surface area contributed by atoms with Crippen LogP contribution in [0.2, 0.25) is 0 Å². The molecule has 0 saturated heterocycles. The number of nitrogens with one attached hydrogen (secondary N) is 1. The number of rotatable bonds is 6.